The summed E-state index contributed by atoms with van der Waals surface area (Å²) in [5, 5.41) is 3.25. The Morgan fingerprint density at radius 3 is 2.91 bits per heavy atom. The number of rotatable bonds is 2. The average Bonchev–Trinajstić information content (AvgIpc) is 2.31. The zero-order chi connectivity index (χ0) is 8.27. The molecule has 0 aliphatic heterocycles. The molecule has 1 aromatic rings. The fourth-order valence-electron chi connectivity index (χ4n) is 0.754. The van der Waals surface area contributed by atoms with Gasteiger partial charge in [0.15, 0.2) is 5.11 Å². The first kappa shape index (κ1) is 8.49. The third kappa shape index (κ3) is 2.86. The molecule has 3 N–H and O–H groups in total. The summed E-state index contributed by atoms with van der Waals surface area (Å²) in [5.74, 6) is 0. The van der Waals surface area contributed by atoms with Crippen LogP contribution in [0.2, 0.25) is 0 Å². The molecule has 0 saturated carbocycles. The topological polar surface area (TPSA) is 38.0 Å². The molecule has 0 atom stereocenters. The van der Waals surface area contributed by atoms with Gasteiger partial charge >= 0.3 is 0 Å². The van der Waals surface area contributed by atoms with E-state index in [1.807, 2.05) is 0 Å². The van der Waals surface area contributed by atoms with Crippen molar-refractivity contribution >= 4 is 28.7 Å². The van der Waals surface area contributed by atoms with E-state index in [9.17, 15) is 0 Å². The number of aryl methyl sites for hydroxylation is 1. The quantitative estimate of drug-likeness (QED) is 0.685. The maximum Gasteiger partial charge on any atom is 0.163 e. The second-order valence-corrected chi connectivity index (χ2v) is 4.04. The van der Waals surface area contributed by atoms with Gasteiger partial charge in [-0.25, -0.2) is 0 Å². The number of thiophene rings is 1. The lowest BCUT2D eigenvalue weighted by Gasteiger charge is -1.98. The van der Waals surface area contributed by atoms with Gasteiger partial charge in [0.05, 0.1) is 6.54 Å². The SMILES string of the molecule is Cc1ccc(CNC(N)=S)s1. The molecule has 0 aliphatic carbocycles. The third-order valence-corrected chi connectivity index (χ3v) is 2.38. The zero-order valence-electron chi connectivity index (χ0n) is 6.26. The molecular weight excluding hydrogens is 176 g/mol. The molecule has 1 aromatic heterocycles. The van der Waals surface area contributed by atoms with Gasteiger partial charge in [0, 0.05) is 9.75 Å². The van der Waals surface area contributed by atoms with E-state index >= 15 is 0 Å². The lowest BCUT2D eigenvalue weighted by Crippen LogP contribution is -2.27. The van der Waals surface area contributed by atoms with Gasteiger partial charge in [-0.05, 0) is 31.3 Å². The monoisotopic (exact) mass is 186 g/mol. The van der Waals surface area contributed by atoms with Crippen molar-refractivity contribution in [2.75, 3.05) is 0 Å². The van der Waals surface area contributed by atoms with E-state index < -0.39 is 0 Å². The fraction of sp³-hybridized carbons (Fsp3) is 0.286. The lowest BCUT2D eigenvalue weighted by atomic mass is 10.4. The van der Waals surface area contributed by atoms with E-state index in [-0.39, 0.29) is 0 Å². The van der Waals surface area contributed by atoms with Crippen molar-refractivity contribution in [3.05, 3.63) is 21.9 Å². The highest BCUT2D eigenvalue weighted by Crippen LogP contribution is 2.14. The molecule has 1 heterocycles. The predicted octanol–water partition coefficient (Wildman–Crippen LogP) is 1.39. The molecule has 0 aliphatic rings. The molecule has 1 rings (SSSR count). The van der Waals surface area contributed by atoms with E-state index in [0.717, 1.165) is 6.54 Å². The number of hydrogen-bond donors (Lipinski definition) is 2. The average molecular weight is 186 g/mol. The van der Waals surface area contributed by atoms with Gasteiger partial charge < -0.3 is 11.1 Å². The number of thiocarbonyl (C=S) groups is 1. The van der Waals surface area contributed by atoms with Crippen LogP contribution in [0.25, 0.3) is 0 Å². The molecule has 0 spiro atoms. The summed E-state index contributed by atoms with van der Waals surface area (Å²) >= 11 is 6.42. The molecule has 0 fully saturated rings. The molecule has 4 heteroatoms. The molecule has 0 unspecified atom stereocenters. The van der Waals surface area contributed by atoms with Gasteiger partial charge in [0.2, 0.25) is 0 Å². The van der Waals surface area contributed by atoms with E-state index in [1.165, 1.54) is 9.75 Å². The van der Waals surface area contributed by atoms with Crippen LogP contribution in [0.5, 0.6) is 0 Å². The predicted molar refractivity (Wildman–Crippen MR) is 52.7 cm³/mol. The standard InChI is InChI=1S/C7H10N2S2/c1-5-2-3-6(11-5)4-9-7(8)10/h2-3H,4H2,1H3,(H3,8,9,10). The van der Waals surface area contributed by atoms with Crippen LogP contribution in [0.15, 0.2) is 12.1 Å². The van der Waals surface area contributed by atoms with E-state index in [0.29, 0.717) is 5.11 Å². The normalized spacial score (nSPS) is 9.55. The Labute approximate surface area is 75.4 Å². The molecule has 0 saturated heterocycles. The summed E-state index contributed by atoms with van der Waals surface area (Å²) in [5.41, 5.74) is 5.27. The summed E-state index contributed by atoms with van der Waals surface area (Å²) in [6.45, 7) is 2.82. The van der Waals surface area contributed by atoms with Crippen molar-refractivity contribution < 1.29 is 0 Å². The van der Waals surface area contributed by atoms with Gasteiger partial charge in [0.25, 0.3) is 0 Å². The van der Waals surface area contributed by atoms with Crippen LogP contribution in [0, 0.1) is 6.92 Å². The van der Waals surface area contributed by atoms with Crippen LogP contribution in [0.4, 0.5) is 0 Å². The molecular formula is C7H10N2S2. The highest BCUT2D eigenvalue weighted by molar-refractivity contribution is 7.80. The van der Waals surface area contributed by atoms with Crippen molar-refractivity contribution in [3.8, 4) is 0 Å². The molecule has 0 bridgehead atoms. The van der Waals surface area contributed by atoms with Gasteiger partial charge in [-0.1, -0.05) is 0 Å². The fourth-order valence-corrected chi connectivity index (χ4v) is 1.66. The number of nitrogens with one attached hydrogen (secondary N) is 1. The summed E-state index contributed by atoms with van der Waals surface area (Å²) in [6, 6.07) is 4.16. The van der Waals surface area contributed by atoms with E-state index in [4.69, 9.17) is 5.73 Å². The van der Waals surface area contributed by atoms with Crippen molar-refractivity contribution in [1.29, 1.82) is 0 Å². The minimum atomic E-state index is 0.357. The minimum absolute atomic E-state index is 0.357. The maximum atomic E-state index is 5.27. The Kier molecular flexibility index (Phi) is 2.84. The van der Waals surface area contributed by atoms with Crippen LogP contribution in [-0.2, 0) is 6.54 Å². The lowest BCUT2D eigenvalue weighted by molar-refractivity contribution is 0.940. The van der Waals surface area contributed by atoms with Crippen molar-refractivity contribution in [3.63, 3.8) is 0 Å². The smallest absolute Gasteiger partial charge is 0.163 e. The molecule has 0 aromatic carbocycles. The Morgan fingerprint density at radius 1 is 1.73 bits per heavy atom. The highest BCUT2D eigenvalue weighted by atomic mass is 32.1. The molecule has 11 heavy (non-hydrogen) atoms. The van der Waals surface area contributed by atoms with Gasteiger partial charge in [-0.15, -0.1) is 11.3 Å². The Hall–Kier alpha value is -0.610. The first-order valence-electron chi connectivity index (χ1n) is 3.27. The van der Waals surface area contributed by atoms with Gasteiger partial charge in [0.1, 0.15) is 0 Å². The zero-order valence-corrected chi connectivity index (χ0v) is 7.89. The Bertz CT molecular complexity index is 255. The molecule has 60 valence electrons. The van der Waals surface area contributed by atoms with Gasteiger partial charge in [-0.2, -0.15) is 0 Å². The number of nitrogens with two attached hydrogens (primary N) is 1. The number of hydrogen-bond acceptors (Lipinski definition) is 2. The Balaban J connectivity index is 2.45. The molecule has 0 amide bonds. The van der Waals surface area contributed by atoms with Crippen LogP contribution < -0.4 is 11.1 Å². The summed E-state index contributed by atoms with van der Waals surface area (Å²) < 4.78 is 0. The second kappa shape index (κ2) is 3.69. The summed E-state index contributed by atoms with van der Waals surface area (Å²) in [4.78, 5) is 2.57. The highest BCUT2D eigenvalue weighted by Gasteiger charge is 1.95. The van der Waals surface area contributed by atoms with Crippen LogP contribution in [0.3, 0.4) is 0 Å². The Morgan fingerprint density at radius 2 is 2.45 bits per heavy atom. The second-order valence-electron chi connectivity index (χ2n) is 2.23. The first-order valence-corrected chi connectivity index (χ1v) is 4.49. The summed E-state index contributed by atoms with van der Waals surface area (Å²) in [7, 11) is 0. The van der Waals surface area contributed by atoms with Gasteiger partial charge in [-0.3, -0.25) is 0 Å². The van der Waals surface area contributed by atoms with Crippen LogP contribution in [-0.4, -0.2) is 5.11 Å². The minimum Gasteiger partial charge on any atom is -0.376 e. The van der Waals surface area contributed by atoms with Crippen molar-refractivity contribution in [2.45, 2.75) is 13.5 Å². The summed E-state index contributed by atoms with van der Waals surface area (Å²) in [6.07, 6.45) is 0. The van der Waals surface area contributed by atoms with Crippen molar-refractivity contribution in [2.24, 2.45) is 5.73 Å². The first-order chi connectivity index (χ1) is 5.18. The molecule has 0 radical (unpaired) electrons. The largest absolute Gasteiger partial charge is 0.376 e. The van der Waals surface area contributed by atoms with E-state index in [2.05, 4.69) is 36.6 Å². The van der Waals surface area contributed by atoms with Crippen LogP contribution in [0.1, 0.15) is 9.75 Å². The van der Waals surface area contributed by atoms with Crippen LogP contribution >= 0.6 is 23.6 Å². The molecule has 2 nitrogen and oxygen atoms in total. The third-order valence-electron chi connectivity index (χ3n) is 1.23. The maximum absolute atomic E-state index is 5.27. The van der Waals surface area contributed by atoms with Crippen molar-refractivity contribution in [1.82, 2.24) is 5.32 Å². The van der Waals surface area contributed by atoms with E-state index in [1.54, 1.807) is 11.3 Å².